The fourth-order valence-electron chi connectivity index (χ4n) is 2.81. The largest absolute Gasteiger partial charge is 0.390 e. The lowest BCUT2D eigenvalue weighted by Crippen LogP contribution is -2.23. The fourth-order valence-corrected chi connectivity index (χ4v) is 3.15. The number of rotatable bonds is 4. The predicted octanol–water partition coefficient (Wildman–Crippen LogP) is 6.17. The number of nitrogens with two attached hydrogens (primary N) is 2. The number of aromatic amines is 1. The number of hydrogen-bond donors (Lipinski definition) is 4. The number of nitrogens with one attached hydrogen (secondary N) is 2. The standard InChI is InChI=1S/C14H8F3N.C5H12N2S.C3H8.C2H6N2/c15-10-3-1-8(2-4-10)13-6-9-5-11(16)7-12(17)14(9)18-13;6-8-7-4-5-2-1-3-5;1-3-2;1-4-2-3/h1-7,18H;5,7H,1-4,6H2;3H2,1-2H3;2H,1H3,(H2,3,4). The maximum atomic E-state index is 13.5. The van der Waals surface area contributed by atoms with Gasteiger partial charge in [-0.25, -0.2) is 13.2 Å². The summed E-state index contributed by atoms with van der Waals surface area (Å²) in [6.07, 6.45) is 6.71. The minimum absolute atomic E-state index is 0.246. The number of halogens is 3. The average Bonchev–Trinajstić information content (AvgIpc) is 3.19. The van der Waals surface area contributed by atoms with Crippen molar-refractivity contribution in [3.63, 3.8) is 0 Å². The van der Waals surface area contributed by atoms with Crippen molar-refractivity contribution in [1.82, 2.24) is 9.71 Å². The molecule has 0 spiro atoms. The zero-order valence-corrected chi connectivity index (χ0v) is 20.2. The maximum absolute atomic E-state index is 13.5. The molecule has 0 unspecified atom stereocenters. The van der Waals surface area contributed by atoms with Gasteiger partial charge in [0.15, 0.2) is 0 Å². The zero-order valence-electron chi connectivity index (χ0n) is 19.4. The Morgan fingerprint density at radius 3 is 2.18 bits per heavy atom. The summed E-state index contributed by atoms with van der Waals surface area (Å²) in [4.78, 5) is 6.25. The molecule has 0 aliphatic heterocycles. The first kappa shape index (κ1) is 28.5. The number of hydrogen-bond acceptors (Lipinski definition) is 4. The van der Waals surface area contributed by atoms with Gasteiger partial charge in [-0.05, 0) is 60.7 Å². The molecule has 0 atom stereocenters. The molecule has 182 valence electrons. The van der Waals surface area contributed by atoms with E-state index in [1.807, 2.05) is 0 Å². The molecule has 4 rings (SSSR count). The van der Waals surface area contributed by atoms with E-state index in [9.17, 15) is 13.2 Å². The molecule has 2 aromatic carbocycles. The Kier molecular flexibility index (Phi) is 14.0. The first-order valence-electron chi connectivity index (χ1n) is 10.8. The molecule has 1 aromatic heterocycles. The van der Waals surface area contributed by atoms with Gasteiger partial charge in [0.2, 0.25) is 0 Å². The smallest absolute Gasteiger partial charge is 0.150 e. The van der Waals surface area contributed by atoms with Crippen molar-refractivity contribution < 1.29 is 13.2 Å². The molecular formula is C24H34F3N5S. The van der Waals surface area contributed by atoms with E-state index in [4.69, 9.17) is 10.9 Å². The Morgan fingerprint density at radius 2 is 1.70 bits per heavy atom. The van der Waals surface area contributed by atoms with E-state index in [-0.39, 0.29) is 11.3 Å². The number of aliphatic imine (C=N–C) groups is 1. The molecule has 0 radical (unpaired) electrons. The van der Waals surface area contributed by atoms with Crippen LogP contribution in [-0.4, -0.2) is 24.9 Å². The van der Waals surface area contributed by atoms with Crippen LogP contribution in [0.25, 0.3) is 22.2 Å². The molecule has 6 N–H and O–H groups in total. The van der Waals surface area contributed by atoms with Crippen LogP contribution in [-0.2, 0) is 0 Å². The van der Waals surface area contributed by atoms with Gasteiger partial charge in [-0.1, -0.05) is 26.7 Å². The number of H-pyrrole nitrogens is 1. The van der Waals surface area contributed by atoms with Crippen molar-refractivity contribution in [2.45, 2.75) is 39.5 Å². The monoisotopic (exact) mass is 481 g/mol. The van der Waals surface area contributed by atoms with Crippen LogP contribution >= 0.6 is 12.1 Å². The van der Waals surface area contributed by atoms with Crippen molar-refractivity contribution in [3.8, 4) is 11.3 Å². The van der Waals surface area contributed by atoms with E-state index in [0.29, 0.717) is 16.6 Å². The molecule has 0 saturated heterocycles. The molecule has 9 heteroatoms. The topological polar surface area (TPSA) is 92.2 Å². The summed E-state index contributed by atoms with van der Waals surface area (Å²) < 4.78 is 42.4. The number of fused-ring (bicyclic) bond motifs is 1. The lowest BCUT2D eigenvalue weighted by atomic mass is 9.86. The second kappa shape index (κ2) is 16.2. The van der Waals surface area contributed by atoms with Crippen molar-refractivity contribution in [3.05, 3.63) is 59.9 Å². The van der Waals surface area contributed by atoms with Gasteiger partial charge in [0.1, 0.15) is 17.5 Å². The highest BCUT2D eigenvalue weighted by molar-refractivity contribution is 7.95. The van der Waals surface area contributed by atoms with Crippen LogP contribution in [0, 0.1) is 23.4 Å². The Bertz CT molecular complexity index is 953. The van der Waals surface area contributed by atoms with Crippen molar-refractivity contribution >= 4 is 29.4 Å². The van der Waals surface area contributed by atoms with Crippen LogP contribution in [0.3, 0.4) is 0 Å². The lowest BCUT2D eigenvalue weighted by molar-refractivity contribution is 0.319. The molecule has 1 saturated carbocycles. The molecule has 1 aliphatic carbocycles. The Hall–Kier alpha value is -2.49. The van der Waals surface area contributed by atoms with Gasteiger partial charge >= 0.3 is 0 Å². The maximum Gasteiger partial charge on any atom is 0.150 e. The van der Waals surface area contributed by atoms with Gasteiger partial charge in [0.05, 0.1) is 11.9 Å². The summed E-state index contributed by atoms with van der Waals surface area (Å²) in [5.74, 6) is -0.679. The van der Waals surface area contributed by atoms with Crippen molar-refractivity contribution in [2.24, 2.45) is 21.8 Å². The van der Waals surface area contributed by atoms with Crippen LogP contribution in [0.1, 0.15) is 39.5 Å². The molecule has 1 heterocycles. The van der Waals surface area contributed by atoms with Gasteiger partial charge in [-0.15, -0.1) is 0 Å². The highest BCUT2D eigenvalue weighted by Crippen LogP contribution is 2.27. The molecule has 33 heavy (non-hydrogen) atoms. The molecule has 1 aliphatic rings. The number of benzene rings is 2. The van der Waals surface area contributed by atoms with E-state index >= 15 is 0 Å². The van der Waals surface area contributed by atoms with E-state index in [0.717, 1.165) is 18.5 Å². The Labute approximate surface area is 198 Å². The molecule has 0 bridgehead atoms. The quantitative estimate of drug-likeness (QED) is 0.204. The fraction of sp³-hybridized carbons (Fsp3) is 0.375. The summed E-state index contributed by atoms with van der Waals surface area (Å²) >= 11 is 1.23. The summed E-state index contributed by atoms with van der Waals surface area (Å²) in [7, 11) is 1.62. The second-order valence-electron chi connectivity index (χ2n) is 7.42. The van der Waals surface area contributed by atoms with E-state index in [1.54, 1.807) is 25.2 Å². The van der Waals surface area contributed by atoms with Gasteiger partial charge in [0, 0.05) is 42.9 Å². The normalized spacial score (nSPS) is 12.7. The highest BCUT2D eigenvalue weighted by Gasteiger charge is 2.15. The predicted molar refractivity (Wildman–Crippen MR) is 135 cm³/mol. The highest BCUT2D eigenvalue weighted by atomic mass is 32.2. The third kappa shape index (κ3) is 10.3. The average molecular weight is 482 g/mol. The minimum Gasteiger partial charge on any atom is -0.390 e. The van der Waals surface area contributed by atoms with Crippen LogP contribution in [0.4, 0.5) is 13.2 Å². The van der Waals surface area contributed by atoms with Crippen LogP contribution in [0.2, 0.25) is 0 Å². The molecule has 3 aromatic rings. The van der Waals surface area contributed by atoms with Crippen molar-refractivity contribution in [1.29, 1.82) is 0 Å². The lowest BCUT2D eigenvalue weighted by Gasteiger charge is -2.24. The molecule has 5 nitrogen and oxygen atoms in total. The summed E-state index contributed by atoms with van der Waals surface area (Å²) in [6, 6.07) is 9.50. The summed E-state index contributed by atoms with van der Waals surface area (Å²) in [6.45, 7) is 5.35. The third-order valence-electron chi connectivity index (χ3n) is 4.63. The summed E-state index contributed by atoms with van der Waals surface area (Å²) in [5.41, 5.74) is 6.32. The molecule has 1 fully saturated rings. The van der Waals surface area contributed by atoms with Gasteiger partial charge in [0.25, 0.3) is 0 Å². The Morgan fingerprint density at radius 1 is 1.09 bits per heavy atom. The van der Waals surface area contributed by atoms with Crippen LogP contribution in [0.15, 0.2) is 47.5 Å². The number of aromatic nitrogens is 1. The van der Waals surface area contributed by atoms with Gasteiger partial charge < -0.3 is 10.7 Å². The van der Waals surface area contributed by atoms with E-state index in [2.05, 4.69) is 28.5 Å². The van der Waals surface area contributed by atoms with Gasteiger partial charge in [-0.2, -0.15) is 0 Å². The van der Waals surface area contributed by atoms with Gasteiger partial charge in [-0.3, -0.25) is 14.9 Å². The zero-order chi connectivity index (χ0) is 24.6. The SMILES string of the molecule is CCC.CN=CN.Fc1ccc(-c2cc3cc(F)cc(F)c3[nH]2)cc1.NSNCC1CCC1. The summed E-state index contributed by atoms with van der Waals surface area (Å²) in [5, 5.41) is 5.61. The number of nitrogens with zero attached hydrogens (tertiary/aromatic N) is 1. The second-order valence-corrected chi connectivity index (χ2v) is 7.94. The first-order chi connectivity index (χ1) is 15.9. The van der Waals surface area contributed by atoms with Crippen LogP contribution < -0.4 is 15.6 Å². The first-order valence-corrected chi connectivity index (χ1v) is 11.7. The minimum atomic E-state index is -0.640. The molecule has 0 amide bonds. The molecular weight excluding hydrogens is 447 g/mol. The Balaban J connectivity index is 0.000000301. The van der Waals surface area contributed by atoms with E-state index < -0.39 is 11.6 Å². The van der Waals surface area contributed by atoms with E-state index in [1.165, 1.54) is 62.4 Å². The van der Waals surface area contributed by atoms with Crippen LogP contribution in [0.5, 0.6) is 0 Å². The third-order valence-corrected chi connectivity index (χ3v) is 4.96. The van der Waals surface area contributed by atoms with Crippen molar-refractivity contribution in [2.75, 3.05) is 13.6 Å².